The molecule has 2 fully saturated rings. The molecule has 1 aromatic rings. The van der Waals surface area contributed by atoms with Crippen molar-refractivity contribution in [2.45, 2.75) is 43.3 Å². The molecule has 110 valence electrons. The fourth-order valence-electron chi connectivity index (χ4n) is 2.92. The maximum atomic E-state index is 5.84. The predicted molar refractivity (Wildman–Crippen MR) is 85.5 cm³/mol. The number of ether oxygens (including phenoxy) is 1. The lowest BCUT2D eigenvalue weighted by Crippen LogP contribution is -2.36. The summed E-state index contributed by atoms with van der Waals surface area (Å²) in [6.45, 7) is 0.724. The lowest BCUT2D eigenvalue weighted by atomic mass is 9.92. The lowest BCUT2D eigenvalue weighted by Gasteiger charge is -2.23. The zero-order valence-electron chi connectivity index (χ0n) is 11.5. The predicted octanol–water partition coefficient (Wildman–Crippen LogP) is 3.24. The average Bonchev–Trinajstić information content (AvgIpc) is 2.88. The number of hydrogen-bond donors (Lipinski definition) is 2. The molecule has 0 radical (unpaired) electrons. The molecule has 1 aliphatic carbocycles. The van der Waals surface area contributed by atoms with E-state index in [0.717, 1.165) is 23.1 Å². The van der Waals surface area contributed by atoms with Gasteiger partial charge in [-0.3, -0.25) is 10.6 Å². The minimum atomic E-state index is 0.386. The Morgan fingerprint density at radius 3 is 2.40 bits per heavy atom. The SMILES string of the molecule is Clc1ccc(OCCSC2NC3CCCCC3N2)cc1. The van der Waals surface area contributed by atoms with Crippen molar-refractivity contribution in [3.05, 3.63) is 29.3 Å². The van der Waals surface area contributed by atoms with Crippen LogP contribution in [0.4, 0.5) is 0 Å². The van der Waals surface area contributed by atoms with Crippen molar-refractivity contribution >= 4 is 23.4 Å². The molecule has 20 heavy (non-hydrogen) atoms. The Labute approximate surface area is 129 Å². The van der Waals surface area contributed by atoms with Crippen molar-refractivity contribution in [3.63, 3.8) is 0 Å². The minimum Gasteiger partial charge on any atom is -0.493 e. The molecule has 2 aliphatic rings. The van der Waals surface area contributed by atoms with Crippen LogP contribution in [0.15, 0.2) is 24.3 Å². The first-order valence-electron chi connectivity index (χ1n) is 7.33. The molecule has 5 heteroatoms. The molecular formula is C15H21ClN2OS. The van der Waals surface area contributed by atoms with Gasteiger partial charge in [-0.25, -0.2) is 0 Å². The van der Waals surface area contributed by atoms with Gasteiger partial charge in [-0.15, -0.1) is 11.8 Å². The molecule has 3 rings (SSSR count). The Morgan fingerprint density at radius 1 is 1.10 bits per heavy atom. The van der Waals surface area contributed by atoms with Crippen LogP contribution in [0.5, 0.6) is 5.75 Å². The van der Waals surface area contributed by atoms with E-state index in [1.165, 1.54) is 25.7 Å². The second-order valence-corrected chi connectivity index (χ2v) is 7.03. The van der Waals surface area contributed by atoms with E-state index in [-0.39, 0.29) is 0 Å². The van der Waals surface area contributed by atoms with Crippen LogP contribution < -0.4 is 15.4 Å². The fourth-order valence-corrected chi connectivity index (χ4v) is 4.00. The average molecular weight is 313 g/mol. The Hall–Kier alpha value is -0.420. The van der Waals surface area contributed by atoms with Gasteiger partial charge in [0.05, 0.1) is 6.61 Å². The first-order valence-corrected chi connectivity index (χ1v) is 8.76. The largest absolute Gasteiger partial charge is 0.493 e. The van der Waals surface area contributed by atoms with E-state index in [4.69, 9.17) is 16.3 Å². The van der Waals surface area contributed by atoms with Gasteiger partial charge in [-0.1, -0.05) is 24.4 Å². The summed E-state index contributed by atoms with van der Waals surface area (Å²) < 4.78 is 5.70. The molecule has 2 atom stereocenters. The number of halogens is 1. The zero-order valence-corrected chi connectivity index (χ0v) is 13.1. The van der Waals surface area contributed by atoms with Gasteiger partial charge in [0.1, 0.15) is 11.2 Å². The summed E-state index contributed by atoms with van der Waals surface area (Å²) >= 11 is 7.74. The van der Waals surface area contributed by atoms with Crippen molar-refractivity contribution in [1.29, 1.82) is 0 Å². The molecule has 3 nitrogen and oxygen atoms in total. The van der Waals surface area contributed by atoms with Gasteiger partial charge in [0.2, 0.25) is 0 Å². The van der Waals surface area contributed by atoms with Gasteiger partial charge in [0.25, 0.3) is 0 Å². The van der Waals surface area contributed by atoms with Crippen LogP contribution >= 0.6 is 23.4 Å². The normalized spacial score (nSPS) is 29.1. The number of benzene rings is 1. The molecule has 0 bridgehead atoms. The van der Waals surface area contributed by atoms with E-state index in [2.05, 4.69) is 10.6 Å². The van der Waals surface area contributed by atoms with Crippen LogP contribution in [0, 0.1) is 0 Å². The third kappa shape index (κ3) is 3.82. The van der Waals surface area contributed by atoms with Crippen molar-refractivity contribution in [2.75, 3.05) is 12.4 Å². The molecule has 0 amide bonds. The Kier molecular flexibility index (Phi) is 5.10. The highest BCUT2D eigenvalue weighted by molar-refractivity contribution is 7.99. The fraction of sp³-hybridized carbons (Fsp3) is 0.600. The summed E-state index contributed by atoms with van der Waals surface area (Å²) in [5, 5.41) is 8.10. The molecule has 2 unspecified atom stereocenters. The third-order valence-electron chi connectivity index (χ3n) is 3.95. The van der Waals surface area contributed by atoms with Gasteiger partial charge in [-0.05, 0) is 37.1 Å². The second-order valence-electron chi connectivity index (χ2n) is 5.38. The molecule has 1 saturated carbocycles. The standard InChI is InChI=1S/C15H21ClN2OS/c16-11-5-7-12(8-6-11)19-9-10-20-15-17-13-3-1-2-4-14(13)18-15/h5-8,13-15,17-18H,1-4,9-10H2. The van der Waals surface area contributed by atoms with Crippen LogP contribution in [-0.2, 0) is 0 Å². The summed E-state index contributed by atoms with van der Waals surface area (Å²) in [5.74, 6) is 1.86. The maximum absolute atomic E-state index is 5.84. The van der Waals surface area contributed by atoms with Crippen LogP contribution in [0.2, 0.25) is 5.02 Å². The summed E-state index contributed by atoms with van der Waals surface area (Å²) in [7, 11) is 0. The van der Waals surface area contributed by atoms with E-state index in [0.29, 0.717) is 17.6 Å². The summed E-state index contributed by atoms with van der Waals surface area (Å²) in [4.78, 5) is 0. The van der Waals surface area contributed by atoms with Gasteiger partial charge < -0.3 is 4.74 Å². The topological polar surface area (TPSA) is 33.3 Å². The highest BCUT2D eigenvalue weighted by Gasteiger charge is 2.34. The summed E-state index contributed by atoms with van der Waals surface area (Å²) in [5.41, 5.74) is 0.386. The summed E-state index contributed by atoms with van der Waals surface area (Å²) in [6, 6.07) is 8.89. The molecule has 1 heterocycles. The van der Waals surface area contributed by atoms with Crippen molar-refractivity contribution < 1.29 is 4.74 Å². The Morgan fingerprint density at radius 2 is 1.75 bits per heavy atom. The van der Waals surface area contributed by atoms with E-state index in [1.54, 1.807) is 0 Å². The minimum absolute atomic E-state index is 0.386. The molecule has 1 saturated heterocycles. The first-order chi connectivity index (χ1) is 9.81. The number of nitrogens with one attached hydrogen (secondary N) is 2. The van der Waals surface area contributed by atoms with Crippen LogP contribution in [-0.4, -0.2) is 29.9 Å². The van der Waals surface area contributed by atoms with Gasteiger partial charge >= 0.3 is 0 Å². The molecule has 0 spiro atoms. The van der Waals surface area contributed by atoms with Crippen molar-refractivity contribution in [3.8, 4) is 5.75 Å². The van der Waals surface area contributed by atoms with Gasteiger partial charge in [-0.2, -0.15) is 0 Å². The van der Waals surface area contributed by atoms with E-state index >= 15 is 0 Å². The van der Waals surface area contributed by atoms with Crippen LogP contribution in [0.3, 0.4) is 0 Å². The zero-order chi connectivity index (χ0) is 13.8. The smallest absolute Gasteiger partial charge is 0.119 e. The lowest BCUT2D eigenvalue weighted by molar-refractivity contribution is 0.343. The summed E-state index contributed by atoms with van der Waals surface area (Å²) in [6.07, 6.45) is 5.37. The van der Waals surface area contributed by atoms with E-state index in [1.807, 2.05) is 36.0 Å². The maximum Gasteiger partial charge on any atom is 0.119 e. The molecule has 1 aliphatic heterocycles. The number of rotatable bonds is 5. The number of fused-ring (bicyclic) bond motifs is 1. The molecule has 1 aromatic carbocycles. The molecular weight excluding hydrogens is 292 g/mol. The quantitative estimate of drug-likeness (QED) is 0.818. The van der Waals surface area contributed by atoms with Gasteiger partial charge in [0, 0.05) is 22.9 Å². The highest BCUT2D eigenvalue weighted by Crippen LogP contribution is 2.26. The van der Waals surface area contributed by atoms with Crippen LogP contribution in [0.1, 0.15) is 25.7 Å². The van der Waals surface area contributed by atoms with Crippen molar-refractivity contribution in [2.24, 2.45) is 0 Å². The first kappa shape index (κ1) is 14.5. The number of thioether (sulfide) groups is 1. The van der Waals surface area contributed by atoms with Crippen LogP contribution in [0.25, 0.3) is 0 Å². The highest BCUT2D eigenvalue weighted by atomic mass is 35.5. The van der Waals surface area contributed by atoms with E-state index in [9.17, 15) is 0 Å². The second kappa shape index (κ2) is 7.03. The monoisotopic (exact) mass is 312 g/mol. The molecule has 2 N–H and O–H groups in total. The third-order valence-corrected chi connectivity index (χ3v) is 5.21. The Bertz CT molecular complexity index is 414. The van der Waals surface area contributed by atoms with Gasteiger partial charge in [0.15, 0.2) is 0 Å². The van der Waals surface area contributed by atoms with E-state index < -0.39 is 0 Å². The number of hydrogen-bond acceptors (Lipinski definition) is 4. The molecule has 0 aromatic heterocycles. The van der Waals surface area contributed by atoms with Crippen molar-refractivity contribution in [1.82, 2.24) is 10.6 Å². The Balaban J connectivity index is 1.35.